The minimum Gasteiger partial charge on any atom is -0.479 e. The van der Waals surface area contributed by atoms with Gasteiger partial charge < -0.3 is 10.2 Å². The van der Waals surface area contributed by atoms with Crippen molar-refractivity contribution in [3.8, 4) is 0 Å². The van der Waals surface area contributed by atoms with Crippen LogP contribution >= 0.6 is 11.8 Å². The first-order chi connectivity index (χ1) is 6.09. The number of aryl methyl sites for hydroxylation is 1. The van der Waals surface area contributed by atoms with Gasteiger partial charge in [0.1, 0.15) is 0 Å². The standard InChI is InChI=1S/C9H10O3S/c1-6-2-4-7(5-3-6)13-9(12)8(10)11/h2-5,9,12H,1H3,(H,10,11). The summed E-state index contributed by atoms with van der Waals surface area (Å²) in [6.45, 7) is 1.95. The van der Waals surface area contributed by atoms with Gasteiger partial charge in [0.05, 0.1) is 0 Å². The number of benzene rings is 1. The predicted molar refractivity (Wildman–Crippen MR) is 50.7 cm³/mol. The van der Waals surface area contributed by atoms with E-state index in [1.807, 2.05) is 19.1 Å². The summed E-state index contributed by atoms with van der Waals surface area (Å²) in [7, 11) is 0. The molecule has 1 rings (SSSR count). The molecule has 1 atom stereocenters. The summed E-state index contributed by atoms with van der Waals surface area (Å²) in [6, 6.07) is 7.31. The summed E-state index contributed by atoms with van der Waals surface area (Å²) in [5.74, 6) is -1.22. The summed E-state index contributed by atoms with van der Waals surface area (Å²) >= 11 is 0.916. The van der Waals surface area contributed by atoms with Crippen molar-refractivity contribution in [2.75, 3.05) is 0 Å². The molecule has 1 aromatic rings. The fourth-order valence-corrected chi connectivity index (χ4v) is 1.45. The highest BCUT2D eigenvalue weighted by atomic mass is 32.2. The predicted octanol–water partition coefficient (Wildman–Crippen LogP) is 1.49. The highest BCUT2D eigenvalue weighted by Crippen LogP contribution is 2.21. The van der Waals surface area contributed by atoms with Gasteiger partial charge in [-0.2, -0.15) is 0 Å². The fraction of sp³-hybridized carbons (Fsp3) is 0.222. The lowest BCUT2D eigenvalue weighted by atomic mass is 10.2. The minimum atomic E-state index is -1.39. The number of carboxylic acids is 1. The Bertz CT molecular complexity index is 294. The van der Waals surface area contributed by atoms with E-state index in [1.54, 1.807) is 12.1 Å². The van der Waals surface area contributed by atoms with Crippen LogP contribution < -0.4 is 0 Å². The van der Waals surface area contributed by atoms with Crippen LogP contribution in [0.1, 0.15) is 5.56 Å². The molecule has 0 radical (unpaired) electrons. The molecular weight excluding hydrogens is 188 g/mol. The molecule has 0 bridgehead atoms. The summed E-state index contributed by atoms with van der Waals surface area (Å²) in [5, 5.41) is 17.4. The van der Waals surface area contributed by atoms with Crippen molar-refractivity contribution in [1.82, 2.24) is 0 Å². The average Bonchev–Trinajstić information content (AvgIpc) is 2.08. The molecule has 0 saturated carbocycles. The van der Waals surface area contributed by atoms with Gasteiger partial charge in [-0.25, -0.2) is 4.79 Å². The van der Waals surface area contributed by atoms with Crippen LogP contribution in [0.5, 0.6) is 0 Å². The average molecular weight is 198 g/mol. The number of aliphatic carboxylic acids is 1. The van der Waals surface area contributed by atoms with Crippen molar-refractivity contribution < 1.29 is 15.0 Å². The minimum absolute atomic E-state index is 0.750. The molecule has 0 aromatic heterocycles. The van der Waals surface area contributed by atoms with Crippen LogP contribution in [0, 0.1) is 6.92 Å². The van der Waals surface area contributed by atoms with E-state index in [0.29, 0.717) is 0 Å². The van der Waals surface area contributed by atoms with Crippen molar-refractivity contribution in [2.24, 2.45) is 0 Å². The summed E-state index contributed by atoms with van der Waals surface area (Å²) < 4.78 is 0. The molecule has 0 heterocycles. The van der Waals surface area contributed by atoms with Gasteiger partial charge in [-0.05, 0) is 19.1 Å². The Morgan fingerprint density at radius 2 is 1.92 bits per heavy atom. The lowest BCUT2D eigenvalue weighted by Crippen LogP contribution is -2.14. The van der Waals surface area contributed by atoms with E-state index in [1.165, 1.54) is 0 Å². The molecule has 0 aliphatic rings. The van der Waals surface area contributed by atoms with E-state index >= 15 is 0 Å². The third-order valence-electron chi connectivity index (χ3n) is 1.48. The molecular formula is C9H10O3S. The first-order valence-corrected chi connectivity index (χ1v) is 4.62. The monoisotopic (exact) mass is 198 g/mol. The number of hydrogen-bond acceptors (Lipinski definition) is 3. The van der Waals surface area contributed by atoms with Gasteiger partial charge in [-0.1, -0.05) is 29.5 Å². The van der Waals surface area contributed by atoms with Crippen LogP contribution in [-0.4, -0.2) is 21.6 Å². The Kier molecular flexibility index (Phi) is 3.33. The zero-order valence-electron chi connectivity index (χ0n) is 7.10. The highest BCUT2D eigenvalue weighted by Gasteiger charge is 2.13. The van der Waals surface area contributed by atoms with Crippen LogP contribution in [0.4, 0.5) is 0 Å². The SMILES string of the molecule is Cc1ccc(SC(O)C(=O)O)cc1. The van der Waals surface area contributed by atoms with Crippen molar-refractivity contribution in [3.63, 3.8) is 0 Å². The number of thioether (sulfide) groups is 1. The summed E-state index contributed by atoms with van der Waals surface area (Å²) in [5.41, 5.74) is -0.281. The second-order valence-corrected chi connectivity index (χ2v) is 3.78. The third-order valence-corrected chi connectivity index (χ3v) is 2.45. The Hall–Kier alpha value is -1.00. The quantitative estimate of drug-likeness (QED) is 0.570. The third kappa shape index (κ3) is 3.08. The van der Waals surface area contributed by atoms with E-state index in [9.17, 15) is 4.79 Å². The number of carboxylic acid groups (broad SMARTS) is 1. The molecule has 1 unspecified atom stereocenters. The Morgan fingerprint density at radius 3 is 2.38 bits per heavy atom. The maximum atomic E-state index is 10.3. The van der Waals surface area contributed by atoms with E-state index < -0.39 is 11.4 Å². The highest BCUT2D eigenvalue weighted by molar-refractivity contribution is 8.00. The van der Waals surface area contributed by atoms with Gasteiger partial charge in [0.25, 0.3) is 0 Å². The molecule has 1 aromatic carbocycles. The van der Waals surface area contributed by atoms with Gasteiger partial charge in [0.2, 0.25) is 5.44 Å². The topological polar surface area (TPSA) is 57.5 Å². The largest absolute Gasteiger partial charge is 0.479 e. The Balaban J connectivity index is 2.64. The maximum absolute atomic E-state index is 10.3. The number of aliphatic hydroxyl groups excluding tert-OH is 1. The van der Waals surface area contributed by atoms with Crippen molar-refractivity contribution in [1.29, 1.82) is 0 Å². The molecule has 0 aliphatic carbocycles. The van der Waals surface area contributed by atoms with Gasteiger partial charge in [-0.15, -0.1) is 0 Å². The molecule has 0 saturated heterocycles. The normalized spacial score (nSPS) is 12.5. The molecule has 70 valence electrons. The molecule has 2 N–H and O–H groups in total. The van der Waals surface area contributed by atoms with E-state index in [0.717, 1.165) is 22.2 Å². The van der Waals surface area contributed by atoms with Crippen LogP contribution in [-0.2, 0) is 4.79 Å². The zero-order chi connectivity index (χ0) is 9.84. The van der Waals surface area contributed by atoms with E-state index in [4.69, 9.17) is 10.2 Å². The molecule has 3 nitrogen and oxygen atoms in total. The summed E-state index contributed by atoms with van der Waals surface area (Å²) in [4.78, 5) is 11.1. The molecule has 0 spiro atoms. The first kappa shape index (κ1) is 10.1. The Labute approximate surface area is 80.4 Å². The molecule has 4 heteroatoms. The molecule has 0 aliphatic heterocycles. The lowest BCUT2D eigenvalue weighted by Gasteiger charge is -2.04. The van der Waals surface area contributed by atoms with Gasteiger partial charge in [-0.3, -0.25) is 0 Å². The van der Waals surface area contributed by atoms with E-state index in [-0.39, 0.29) is 0 Å². The van der Waals surface area contributed by atoms with Crippen molar-refractivity contribution in [2.45, 2.75) is 17.3 Å². The van der Waals surface area contributed by atoms with Crippen LogP contribution in [0.3, 0.4) is 0 Å². The van der Waals surface area contributed by atoms with Gasteiger partial charge in [0.15, 0.2) is 0 Å². The zero-order valence-corrected chi connectivity index (χ0v) is 7.91. The second-order valence-electron chi connectivity index (χ2n) is 2.62. The maximum Gasteiger partial charge on any atom is 0.343 e. The number of aliphatic hydroxyl groups is 1. The van der Waals surface area contributed by atoms with Gasteiger partial charge >= 0.3 is 5.97 Å². The Morgan fingerprint density at radius 1 is 1.38 bits per heavy atom. The molecule has 0 amide bonds. The smallest absolute Gasteiger partial charge is 0.343 e. The fourth-order valence-electron chi connectivity index (χ4n) is 0.796. The van der Waals surface area contributed by atoms with Crippen LogP contribution in [0.25, 0.3) is 0 Å². The van der Waals surface area contributed by atoms with E-state index in [2.05, 4.69) is 0 Å². The van der Waals surface area contributed by atoms with Gasteiger partial charge in [0, 0.05) is 4.90 Å². The van der Waals surface area contributed by atoms with Crippen molar-refractivity contribution in [3.05, 3.63) is 29.8 Å². The summed E-state index contributed by atoms with van der Waals surface area (Å²) in [6.07, 6.45) is 0. The molecule has 13 heavy (non-hydrogen) atoms. The van der Waals surface area contributed by atoms with Crippen LogP contribution in [0.15, 0.2) is 29.2 Å². The van der Waals surface area contributed by atoms with Crippen molar-refractivity contribution >= 4 is 17.7 Å². The first-order valence-electron chi connectivity index (χ1n) is 3.74. The molecule has 0 fully saturated rings. The number of carbonyl (C=O) groups is 1. The lowest BCUT2D eigenvalue weighted by molar-refractivity contribution is -0.141. The second kappa shape index (κ2) is 4.30. The number of rotatable bonds is 3. The number of hydrogen-bond donors (Lipinski definition) is 2. The van der Waals surface area contributed by atoms with Crippen LogP contribution in [0.2, 0.25) is 0 Å².